The van der Waals surface area contributed by atoms with Crippen LogP contribution in [0.4, 0.5) is 13.6 Å². The van der Waals surface area contributed by atoms with Gasteiger partial charge in [-0.05, 0) is 11.6 Å². The predicted molar refractivity (Wildman–Crippen MR) is 84.8 cm³/mol. The lowest BCUT2D eigenvalue weighted by Gasteiger charge is -2.04. The summed E-state index contributed by atoms with van der Waals surface area (Å²) in [5, 5.41) is 11.1. The predicted octanol–water partition coefficient (Wildman–Crippen LogP) is 2.94. The van der Waals surface area contributed by atoms with Crippen molar-refractivity contribution in [3.8, 4) is 11.8 Å². The molecule has 0 spiro atoms. The summed E-state index contributed by atoms with van der Waals surface area (Å²) in [6.07, 6.45) is -0.705. The summed E-state index contributed by atoms with van der Waals surface area (Å²) in [4.78, 5) is 22.3. The summed E-state index contributed by atoms with van der Waals surface area (Å²) in [6.45, 7) is -0.0541. The minimum absolute atomic E-state index is 0.0919. The Hall–Kier alpha value is -3.40. The van der Waals surface area contributed by atoms with Crippen LogP contribution >= 0.6 is 0 Å². The van der Waals surface area contributed by atoms with Gasteiger partial charge in [-0.2, -0.15) is 0 Å². The maximum atomic E-state index is 13.5. The summed E-state index contributed by atoms with van der Waals surface area (Å²) in [6, 6.07) is 10.3. The molecule has 0 aliphatic carbocycles. The fraction of sp³-hybridized carbons (Fsp3) is 0.111. The van der Waals surface area contributed by atoms with Gasteiger partial charge in [-0.25, -0.2) is 18.4 Å². The topological polar surface area (TPSA) is 75.6 Å². The number of carbonyl (C=O) groups is 2. The number of carboxylic acid groups (broad SMARTS) is 1. The summed E-state index contributed by atoms with van der Waals surface area (Å²) in [5.41, 5.74) is -0.141. The third-order valence-corrected chi connectivity index (χ3v) is 3.04. The lowest BCUT2D eigenvalue weighted by atomic mass is 10.1. The second-order valence-corrected chi connectivity index (χ2v) is 4.83. The number of amides is 1. The van der Waals surface area contributed by atoms with Crippen LogP contribution in [0.15, 0.2) is 42.5 Å². The van der Waals surface area contributed by atoms with Crippen molar-refractivity contribution in [2.75, 3.05) is 6.54 Å². The van der Waals surface area contributed by atoms with Gasteiger partial charge in [0.2, 0.25) is 0 Å². The summed E-state index contributed by atoms with van der Waals surface area (Å²) in [5.74, 6) is 1.09. The molecule has 0 heterocycles. The molecule has 0 fully saturated rings. The van der Waals surface area contributed by atoms with E-state index in [1.165, 1.54) is 0 Å². The Bertz CT molecular complexity index is 841. The van der Waals surface area contributed by atoms with Gasteiger partial charge in [0.1, 0.15) is 18.2 Å². The number of alkyl carbamates (subject to hydrolysis) is 1. The molecule has 0 saturated carbocycles. The van der Waals surface area contributed by atoms with Crippen LogP contribution < -0.4 is 5.32 Å². The molecule has 0 atom stereocenters. The van der Waals surface area contributed by atoms with E-state index in [4.69, 9.17) is 9.84 Å². The highest BCUT2D eigenvalue weighted by Gasteiger charge is 2.14. The normalized spacial score (nSPS) is 9.68. The molecule has 128 valence electrons. The van der Waals surface area contributed by atoms with Crippen LogP contribution in [-0.4, -0.2) is 23.7 Å². The first-order valence-corrected chi connectivity index (χ1v) is 7.13. The monoisotopic (exact) mass is 345 g/mol. The molecule has 0 bridgehead atoms. The number of aromatic carboxylic acids is 1. The van der Waals surface area contributed by atoms with Crippen LogP contribution in [0.3, 0.4) is 0 Å². The third-order valence-electron chi connectivity index (χ3n) is 3.04. The van der Waals surface area contributed by atoms with E-state index in [0.717, 1.165) is 11.6 Å². The number of hydrogen-bond acceptors (Lipinski definition) is 3. The van der Waals surface area contributed by atoms with Gasteiger partial charge in [0.25, 0.3) is 0 Å². The SMILES string of the molecule is O=C(NCC#Cc1cc(C(=O)O)c(F)cc1F)OCc1ccccc1. The fourth-order valence-corrected chi connectivity index (χ4v) is 1.84. The van der Waals surface area contributed by atoms with Crippen LogP contribution in [0, 0.1) is 23.5 Å². The van der Waals surface area contributed by atoms with Crippen LogP contribution in [0.5, 0.6) is 0 Å². The number of hydrogen-bond donors (Lipinski definition) is 2. The minimum atomic E-state index is -1.52. The van der Waals surface area contributed by atoms with E-state index in [0.29, 0.717) is 6.07 Å². The van der Waals surface area contributed by atoms with Crippen molar-refractivity contribution in [3.05, 3.63) is 70.8 Å². The highest BCUT2D eigenvalue weighted by atomic mass is 19.1. The molecule has 2 aromatic rings. The lowest BCUT2D eigenvalue weighted by Crippen LogP contribution is -2.24. The Morgan fingerprint density at radius 2 is 1.84 bits per heavy atom. The van der Waals surface area contributed by atoms with Crippen molar-refractivity contribution in [3.63, 3.8) is 0 Å². The molecule has 2 rings (SSSR count). The molecule has 1 amide bonds. The number of rotatable bonds is 4. The van der Waals surface area contributed by atoms with Crippen LogP contribution in [0.25, 0.3) is 0 Å². The highest BCUT2D eigenvalue weighted by Crippen LogP contribution is 2.14. The number of ether oxygens (including phenoxy) is 1. The van der Waals surface area contributed by atoms with E-state index in [9.17, 15) is 18.4 Å². The van der Waals surface area contributed by atoms with Gasteiger partial charge in [0.15, 0.2) is 0 Å². The van der Waals surface area contributed by atoms with Gasteiger partial charge in [0.05, 0.1) is 17.7 Å². The standard InChI is InChI=1S/C18H13F2NO4/c19-15-10-16(20)14(17(22)23)9-13(15)7-4-8-21-18(24)25-11-12-5-2-1-3-6-12/h1-3,5-6,9-10H,8,11H2,(H,21,24)(H,22,23). The molecule has 0 aromatic heterocycles. The molecule has 0 aliphatic heterocycles. The molecule has 2 N–H and O–H groups in total. The first-order chi connectivity index (χ1) is 12.0. The number of benzene rings is 2. The summed E-state index contributed by atoms with van der Waals surface area (Å²) < 4.78 is 31.7. The zero-order chi connectivity index (χ0) is 18.2. The van der Waals surface area contributed by atoms with Crippen LogP contribution in [-0.2, 0) is 11.3 Å². The van der Waals surface area contributed by atoms with Crippen molar-refractivity contribution in [1.29, 1.82) is 0 Å². The molecule has 0 radical (unpaired) electrons. The van der Waals surface area contributed by atoms with Gasteiger partial charge in [-0.1, -0.05) is 42.2 Å². The fourth-order valence-electron chi connectivity index (χ4n) is 1.84. The van der Waals surface area contributed by atoms with E-state index in [2.05, 4.69) is 17.2 Å². The second kappa shape index (κ2) is 8.45. The van der Waals surface area contributed by atoms with Crippen molar-refractivity contribution in [1.82, 2.24) is 5.32 Å². The zero-order valence-corrected chi connectivity index (χ0v) is 12.9. The van der Waals surface area contributed by atoms with Crippen molar-refractivity contribution < 1.29 is 28.2 Å². The zero-order valence-electron chi connectivity index (χ0n) is 12.9. The van der Waals surface area contributed by atoms with E-state index >= 15 is 0 Å². The number of halogens is 2. The van der Waals surface area contributed by atoms with Gasteiger partial charge in [-0.3, -0.25) is 0 Å². The van der Waals surface area contributed by atoms with Crippen LogP contribution in [0.2, 0.25) is 0 Å². The van der Waals surface area contributed by atoms with E-state index in [-0.39, 0.29) is 18.7 Å². The quantitative estimate of drug-likeness (QED) is 0.836. The summed E-state index contributed by atoms with van der Waals surface area (Å²) >= 11 is 0. The Labute approximate surface area is 142 Å². The molecule has 0 unspecified atom stereocenters. The van der Waals surface area contributed by atoms with Crippen molar-refractivity contribution in [2.45, 2.75) is 6.61 Å². The Kier molecular flexibility index (Phi) is 6.07. The average molecular weight is 345 g/mol. The number of carbonyl (C=O) groups excluding carboxylic acids is 1. The van der Waals surface area contributed by atoms with E-state index in [1.807, 2.05) is 18.2 Å². The number of nitrogens with one attached hydrogen (secondary N) is 1. The Morgan fingerprint density at radius 3 is 2.52 bits per heavy atom. The third kappa shape index (κ3) is 5.32. The van der Waals surface area contributed by atoms with E-state index in [1.54, 1.807) is 12.1 Å². The second-order valence-electron chi connectivity index (χ2n) is 4.83. The van der Waals surface area contributed by atoms with Crippen molar-refractivity contribution in [2.24, 2.45) is 0 Å². The van der Waals surface area contributed by atoms with Gasteiger partial charge >= 0.3 is 12.1 Å². The van der Waals surface area contributed by atoms with Crippen molar-refractivity contribution >= 4 is 12.1 Å². The molecule has 7 heteroatoms. The maximum Gasteiger partial charge on any atom is 0.408 e. The maximum absolute atomic E-state index is 13.5. The number of carboxylic acids is 1. The largest absolute Gasteiger partial charge is 0.478 e. The molecule has 5 nitrogen and oxygen atoms in total. The van der Waals surface area contributed by atoms with Crippen LogP contribution in [0.1, 0.15) is 21.5 Å². The van der Waals surface area contributed by atoms with E-state index < -0.39 is 29.3 Å². The molecule has 25 heavy (non-hydrogen) atoms. The Morgan fingerprint density at radius 1 is 1.12 bits per heavy atom. The molecular formula is C18H13F2NO4. The first kappa shape index (κ1) is 17.9. The Balaban J connectivity index is 1.89. The smallest absolute Gasteiger partial charge is 0.408 e. The van der Waals surface area contributed by atoms with Gasteiger partial charge in [0, 0.05) is 6.07 Å². The summed E-state index contributed by atoms with van der Waals surface area (Å²) in [7, 11) is 0. The lowest BCUT2D eigenvalue weighted by molar-refractivity contribution is 0.0691. The average Bonchev–Trinajstić information content (AvgIpc) is 2.59. The van der Waals surface area contributed by atoms with Gasteiger partial charge in [-0.15, -0.1) is 0 Å². The minimum Gasteiger partial charge on any atom is -0.478 e. The molecular weight excluding hydrogens is 332 g/mol. The molecule has 0 aliphatic rings. The molecule has 2 aromatic carbocycles. The van der Waals surface area contributed by atoms with Gasteiger partial charge < -0.3 is 15.2 Å². The molecule has 0 saturated heterocycles. The highest BCUT2D eigenvalue weighted by molar-refractivity contribution is 5.88. The first-order valence-electron chi connectivity index (χ1n) is 7.13.